The molecule has 0 aromatic carbocycles. The van der Waals surface area contributed by atoms with Crippen LogP contribution in [-0.4, -0.2) is 36.6 Å². The third kappa shape index (κ3) is 2.38. The fourth-order valence-corrected chi connectivity index (χ4v) is 3.70. The summed E-state index contributed by atoms with van der Waals surface area (Å²) in [5.74, 6) is 0.805. The quantitative estimate of drug-likeness (QED) is 0.803. The Labute approximate surface area is 103 Å². The Balaban J connectivity index is 1.58. The first kappa shape index (κ1) is 11.9. The summed E-state index contributed by atoms with van der Waals surface area (Å²) in [7, 11) is 0. The van der Waals surface area contributed by atoms with Crippen molar-refractivity contribution in [3.05, 3.63) is 0 Å². The zero-order valence-corrected chi connectivity index (χ0v) is 10.6. The van der Waals surface area contributed by atoms with E-state index in [1.165, 1.54) is 19.3 Å². The largest absolute Gasteiger partial charge is 0.392 e. The molecule has 1 aliphatic carbocycles. The zero-order chi connectivity index (χ0) is 11.7. The SMILES string of the molecule is OC(C1CCCOC1)C1CCOC2(CCC2)C1. The predicted octanol–water partition coefficient (Wildman–Crippen LogP) is 2.12. The van der Waals surface area contributed by atoms with Gasteiger partial charge in [-0.2, -0.15) is 0 Å². The second kappa shape index (κ2) is 4.87. The van der Waals surface area contributed by atoms with Crippen LogP contribution in [-0.2, 0) is 9.47 Å². The molecule has 3 heteroatoms. The number of aliphatic hydroxyl groups is 1. The van der Waals surface area contributed by atoms with Gasteiger partial charge in [-0.05, 0) is 50.9 Å². The molecule has 3 unspecified atom stereocenters. The molecule has 0 amide bonds. The molecule has 3 atom stereocenters. The van der Waals surface area contributed by atoms with Gasteiger partial charge in [-0.3, -0.25) is 0 Å². The lowest BCUT2D eigenvalue weighted by molar-refractivity contribution is -0.165. The average molecular weight is 240 g/mol. The molecule has 17 heavy (non-hydrogen) atoms. The first-order chi connectivity index (χ1) is 8.29. The molecule has 3 rings (SSSR count). The van der Waals surface area contributed by atoms with E-state index in [4.69, 9.17) is 9.47 Å². The highest BCUT2D eigenvalue weighted by Gasteiger charge is 2.45. The minimum Gasteiger partial charge on any atom is -0.392 e. The number of hydrogen-bond acceptors (Lipinski definition) is 3. The predicted molar refractivity (Wildman–Crippen MR) is 64.8 cm³/mol. The maximum atomic E-state index is 10.5. The van der Waals surface area contributed by atoms with Gasteiger partial charge in [0.05, 0.1) is 18.3 Å². The molecule has 0 aromatic rings. The molecule has 3 aliphatic rings. The molecular formula is C14H24O3. The van der Waals surface area contributed by atoms with E-state index in [0.29, 0.717) is 11.8 Å². The first-order valence-electron chi connectivity index (χ1n) is 7.19. The van der Waals surface area contributed by atoms with Crippen molar-refractivity contribution in [2.45, 2.75) is 56.7 Å². The molecule has 3 nitrogen and oxygen atoms in total. The topological polar surface area (TPSA) is 38.7 Å². The van der Waals surface area contributed by atoms with Crippen LogP contribution >= 0.6 is 0 Å². The van der Waals surface area contributed by atoms with Crippen LogP contribution in [0.15, 0.2) is 0 Å². The Morgan fingerprint density at radius 3 is 2.59 bits per heavy atom. The molecule has 0 radical (unpaired) electrons. The Kier molecular flexibility index (Phi) is 3.42. The third-order valence-electron chi connectivity index (χ3n) is 4.96. The van der Waals surface area contributed by atoms with E-state index in [-0.39, 0.29) is 11.7 Å². The van der Waals surface area contributed by atoms with Crippen molar-refractivity contribution in [2.75, 3.05) is 19.8 Å². The monoisotopic (exact) mass is 240 g/mol. The smallest absolute Gasteiger partial charge is 0.0686 e. The van der Waals surface area contributed by atoms with Gasteiger partial charge >= 0.3 is 0 Å². The van der Waals surface area contributed by atoms with E-state index in [1.807, 2.05) is 0 Å². The summed E-state index contributed by atoms with van der Waals surface area (Å²) in [6, 6.07) is 0. The van der Waals surface area contributed by atoms with Crippen molar-refractivity contribution in [2.24, 2.45) is 11.8 Å². The second-order valence-corrected chi connectivity index (χ2v) is 6.11. The molecule has 1 N–H and O–H groups in total. The summed E-state index contributed by atoms with van der Waals surface area (Å²) >= 11 is 0. The highest BCUT2D eigenvalue weighted by molar-refractivity contribution is 4.96. The third-order valence-corrected chi connectivity index (χ3v) is 4.96. The summed E-state index contributed by atoms with van der Waals surface area (Å²) in [6.07, 6.45) is 7.88. The minimum atomic E-state index is -0.170. The fraction of sp³-hybridized carbons (Fsp3) is 1.00. The molecule has 1 spiro atoms. The van der Waals surface area contributed by atoms with Gasteiger partial charge < -0.3 is 14.6 Å². The van der Waals surface area contributed by atoms with E-state index in [2.05, 4.69) is 0 Å². The lowest BCUT2D eigenvalue weighted by Crippen LogP contribution is -2.49. The van der Waals surface area contributed by atoms with Crippen molar-refractivity contribution in [1.29, 1.82) is 0 Å². The van der Waals surface area contributed by atoms with Gasteiger partial charge in [-0.1, -0.05) is 0 Å². The maximum Gasteiger partial charge on any atom is 0.0686 e. The van der Waals surface area contributed by atoms with Crippen LogP contribution in [0.5, 0.6) is 0 Å². The molecular weight excluding hydrogens is 216 g/mol. The summed E-state index contributed by atoms with van der Waals surface area (Å²) in [4.78, 5) is 0. The Morgan fingerprint density at radius 2 is 1.94 bits per heavy atom. The van der Waals surface area contributed by atoms with Crippen molar-refractivity contribution < 1.29 is 14.6 Å². The van der Waals surface area contributed by atoms with Crippen LogP contribution in [0.2, 0.25) is 0 Å². The molecule has 2 aliphatic heterocycles. The lowest BCUT2D eigenvalue weighted by atomic mass is 9.69. The summed E-state index contributed by atoms with van der Waals surface area (Å²) in [5, 5.41) is 10.5. The van der Waals surface area contributed by atoms with Crippen molar-refractivity contribution in [3.8, 4) is 0 Å². The minimum absolute atomic E-state index is 0.152. The van der Waals surface area contributed by atoms with Crippen molar-refractivity contribution >= 4 is 0 Å². The van der Waals surface area contributed by atoms with Gasteiger partial charge in [0.1, 0.15) is 0 Å². The Bertz CT molecular complexity index is 256. The zero-order valence-electron chi connectivity index (χ0n) is 10.6. The number of aliphatic hydroxyl groups excluding tert-OH is 1. The molecule has 3 fully saturated rings. The number of rotatable bonds is 2. The number of hydrogen-bond donors (Lipinski definition) is 1. The average Bonchev–Trinajstić information content (AvgIpc) is 2.37. The molecule has 0 aromatic heterocycles. The molecule has 1 saturated carbocycles. The normalized spacial score (nSPS) is 38.6. The highest BCUT2D eigenvalue weighted by Crippen LogP contribution is 2.46. The van der Waals surface area contributed by atoms with E-state index < -0.39 is 0 Å². The maximum absolute atomic E-state index is 10.5. The van der Waals surface area contributed by atoms with Crippen LogP contribution in [0.4, 0.5) is 0 Å². The molecule has 0 bridgehead atoms. The Hall–Kier alpha value is -0.120. The molecule has 2 saturated heterocycles. The fourth-order valence-electron chi connectivity index (χ4n) is 3.70. The van der Waals surface area contributed by atoms with Crippen LogP contribution in [0.3, 0.4) is 0 Å². The van der Waals surface area contributed by atoms with E-state index in [1.54, 1.807) is 0 Å². The Morgan fingerprint density at radius 1 is 1.06 bits per heavy atom. The van der Waals surface area contributed by atoms with Crippen LogP contribution in [0, 0.1) is 11.8 Å². The molecule has 2 heterocycles. The lowest BCUT2D eigenvalue weighted by Gasteiger charge is -2.49. The van der Waals surface area contributed by atoms with Gasteiger partial charge in [0.2, 0.25) is 0 Å². The number of ether oxygens (including phenoxy) is 2. The van der Waals surface area contributed by atoms with E-state index in [9.17, 15) is 5.11 Å². The van der Waals surface area contributed by atoms with Gasteiger partial charge in [0, 0.05) is 19.1 Å². The highest BCUT2D eigenvalue weighted by atomic mass is 16.5. The summed E-state index contributed by atoms with van der Waals surface area (Å²) < 4.78 is 11.4. The van der Waals surface area contributed by atoms with Crippen LogP contribution in [0.1, 0.15) is 44.9 Å². The van der Waals surface area contributed by atoms with E-state index in [0.717, 1.165) is 45.5 Å². The van der Waals surface area contributed by atoms with Crippen molar-refractivity contribution in [1.82, 2.24) is 0 Å². The van der Waals surface area contributed by atoms with Crippen LogP contribution < -0.4 is 0 Å². The van der Waals surface area contributed by atoms with Crippen LogP contribution in [0.25, 0.3) is 0 Å². The van der Waals surface area contributed by atoms with Gasteiger partial charge in [0.15, 0.2) is 0 Å². The van der Waals surface area contributed by atoms with Gasteiger partial charge in [0.25, 0.3) is 0 Å². The van der Waals surface area contributed by atoms with Gasteiger partial charge in [-0.15, -0.1) is 0 Å². The van der Waals surface area contributed by atoms with Gasteiger partial charge in [-0.25, -0.2) is 0 Å². The summed E-state index contributed by atoms with van der Waals surface area (Å²) in [5.41, 5.74) is 0.152. The molecule has 98 valence electrons. The van der Waals surface area contributed by atoms with Crippen molar-refractivity contribution in [3.63, 3.8) is 0 Å². The standard InChI is InChI=1S/C14H24O3/c15-13(12-3-1-7-16-10-12)11-4-8-17-14(9-11)5-2-6-14/h11-13,15H,1-10H2. The summed E-state index contributed by atoms with van der Waals surface area (Å²) in [6.45, 7) is 2.47. The second-order valence-electron chi connectivity index (χ2n) is 6.11. The van der Waals surface area contributed by atoms with E-state index >= 15 is 0 Å². The first-order valence-corrected chi connectivity index (χ1v) is 7.19.